The van der Waals surface area contributed by atoms with Gasteiger partial charge in [0.25, 0.3) is 0 Å². The van der Waals surface area contributed by atoms with Crippen LogP contribution in [0.15, 0.2) is 11.6 Å². The lowest BCUT2D eigenvalue weighted by molar-refractivity contribution is 0.126. The average molecular weight is 230 g/mol. The van der Waals surface area contributed by atoms with Crippen molar-refractivity contribution in [3.63, 3.8) is 0 Å². The third-order valence-electron chi connectivity index (χ3n) is 6.57. The highest BCUT2D eigenvalue weighted by molar-refractivity contribution is 5.15. The first kappa shape index (κ1) is 10.6. The summed E-state index contributed by atoms with van der Waals surface area (Å²) in [6.45, 7) is 2.36. The second kappa shape index (κ2) is 3.87. The Bertz CT molecular complexity index is 340. The third-order valence-corrected chi connectivity index (χ3v) is 6.57. The van der Waals surface area contributed by atoms with Gasteiger partial charge in [0, 0.05) is 0 Å². The van der Waals surface area contributed by atoms with Gasteiger partial charge in [0.15, 0.2) is 0 Å². The van der Waals surface area contributed by atoms with Crippen molar-refractivity contribution in [1.82, 2.24) is 0 Å². The number of hydrogen-bond acceptors (Lipinski definition) is 0. The van der Waals surface area contributed by atoms with E-state index < -0.39 is 0 Å². The maximum atomic E-state index is 2.63. The van der Waals surface area contributed by atoms with E-state index in [4.69, 9.17) is 0 Å². The van der Waals surface area contributed by atoms with E-state index in [1.54, 1.807) is 37.7 Å². The zero-order valence-electron chi connectivity index (χ0n) is 11.2. The van der Waals surface area contributed by atoms with Crippen LogP contribution in [0.2, 0.25) is 0 Å². The maximum absolute atomic E-state index is 2.63. The molecule has 0 aromatic carbocycles. The molecule has 0 amide bonds. The molecule has 0 nitrogen and oxygen atoms in total. The van der Waals surface area contributed by atoms with Crippen LogP contribution in [-0.4, -0.2) is 0 Å². The Morgan fingerprint density at radius 2 is 1.76 bits per heavy atom. The summed E-state index contributed by atoms with van der Waals surface area (Å²) in [4.78, 5) is 0. The molecule has 0 saturated heterocycles. The average Bonchev–Trinajstić information content (AvgIpc) is 2.84. The van der Waals surface area contributed by atoms with Crippen molar-refractivity contribution in [3.8, 4) is 0 Å². The topological polar surface area (TPSA) is 0 Å². The lowest BCUT2D eigenvalue weighted by Crippen LogP contribution is -2.30. The first-order chi connectivity index (χ1) is 8.31. The summed E-state index contributed by atoms with van der Waals surface area (Å²) in [7, 11) is 0. The summed E-state index contributed by atoms with van der Waals surface area (Å²) in [5.41, 5.74) is 1.69. The van der Waals surface area contributed by atoms with Crippen LogP contribution in [-0.2, 0) is 0 Å². The fourth-order valence-corrected chi connectivity index (χ4v) is 6.00. The van der Waals surface area contributed by atoms with Crippen LogP contribution in [0.5, 0.6) is 0 Å². The van der Waals surface area contributed by atoms with E-state index in [2.05, 4.69) is 13.0 Å². The van der Waals surface area contributed by atoms with Crippen molar-refractivity contribution in [2.24, 2.45) is 35.5 Å². The van der Waals surface area contributed by atoms with Crippen LogP contribution in [0.25, 0.3) is 0 Å². The van der Waals surface area contributed by atoms with Crippen LogP contribution < -0.4 is 0 Å². The molecule has 3 fully saturated rings. The molecule has 6 atom stereocenters. The smallest absolute Gasteiger partial charge is 0.0197 e. The van der Waals surface area contributed by atoms with Crippen molar-refractivity contribution < 1.29 is 0 Å². The first-order valence-electron chi connectivity index (χ1n) is 7.98. The van der Waals surface area contributed by atoms with Crippen LogP contribution in [0.4, 0.5) is 0 Å². The molecule has 4 aliphatic carbocycles. The van der Waals surface area contributed by atoms with E-state index in [1.165, 1.54) is 19.3 Å². The summed E-state index contributed by atoms with van der Waals surface area (Å²) in [5.74, 6) is 6.58. The number of allylic oxidation sites excluding steroid dienone is 2. The van der Waals surface area contributed by atoms with E-state index in [9.17, 15) is 0 Å². The van der Waals surface area contributed by atoms with Crippen molar-refractivity contribution in [3.05, 3.63) is 11.6 Å². The van der Waals surface area contributed by atoms with Crippen molar-refractivity contribution in [1.29, 1.82) is 0 Å². The highest BCUT2D eigenvalue weighted by Gasteiger charge is 2.49. The molecule has 0 aromatic heterocycles. The van der Waals surface area contributed by atoms with Crippen LogP contribution in [0.3, 0.4) is 0 Å². The highest BCUT2D eigenvalue weighted by Crippen LogP contribution is 2.58. The SMILES string of the molecule is CC1=CC2CC3CC4CCCCC4C3CC2C1. The maximum Gasteiger partial charge on any atom is -0.0197 e. The van der Waals surface area contributed by atoms with Crippen molar-refractivity contribution >= 4 is 0 Å². The van der Waals surface area contributed by atoms with Gasteiger partial charge in [0.1, 0.15) is 0 Å². The van der Waals surface area contributed by atoms with Gasteiger partial charge in [-0.1, -0.05) is 30.9 Å². The lowest BCUT2D eigenvalue weighted by Gasteiger charge is -2.38. The Morgan fingerprint density at radius 3 is 2.71 bits per heavy atom. The summed E-state index contributed by atoms with van der Waals surface area (Å²) >= 11 is 0. The second-order valence-corrected chi connectivity index (χ2v) is 7.48. The van der Waals surface area contributed by atoms with Gasteiger partial charge in [-0.2, -0.15) is 0 Å². The number of fused-ring (bicyclic) bond motifs is 4. The minimum absolute atomic E-state index is 0.983. The van der Waals surface area contributed by atoms with Gasteiger partial charge in [0.2, 0.25) is 0 Å². The molecule has 0 aromatic rings. The van der Waals surface area contributed by atoms with Crippen molar-refractivity contribution in [2.45, 2.75) is 58.3 Å². The molecule has 0 heterocycles. The summed E-state index contributed by atoms with van der Waals surface area (Å²) < 4.78 is 0. The molecule has 3 saturated carbocycles. The molecule has 0 bridgehead atoms. The molecule has 6 unspecified atom stereocenters. The Hall–Kier alpha value is -0.260. The predicted molar refractivity (Wildman–Crippen MR) is 71.6 cm³/mol. The normalized spacial score (nSPS) is 52.6. The fraction of sp³-hybridized carbons (Fsp3) is 0.882. The monoisotopic (exact) mass is 230 g/mol. The molecule has 17 heavy (non-hydrogen) atoms. The first-order valence-corrected chi connectivity index (χ1v) is 7.98. The Morgan fingerprint density at radius 1 is 0.882 bits per heavy atom. The van der Waals surface area contributed by atoms with E-state index in [-0.39, 0.29) is 0 Å². The quantitative estimate of drug-likeness (QED) is 0.524. The Balaban J connectivity index is 1.55. The summed E-state index contributed by atoms with van der Waals surface area (Å²) in [6.07, 6.45) is 15.0. The van der Waals surface area contributed by atoms with Gasteiger partial charge >= 0.3 is 0 Å². The highest BCUT2D eigenvalue weighted by atomic mass is 14.5. The summed E-state index contributed by atoms with van der Waals surface area (Å²) in [6, 6.07) is 0. The van der Waals surface area contributed by atoms with Gasteiger partial charge in [-0.05, 0) is 74.5 Å². The Labute approximate surface area is 106 Å². The largest absolute Gasteiger partial charge is 0.0822 e. The summed E-state index contributed by atoms with van der Waals surface area (Å²) in [5, 5.41) is 0. The second-order valence-electron chi connectivity index (χ2n) is 7.48. The number of hydrogen-bond donors (Lipinski definition) is 0. The van der Waals surface area contributed by atoms with E-state index in [0.717, 1.165) is 35.5 Å². The predicted octanol–water partition coefficient (Wildman–Crippen LogP) is 4.81. The van der Waals surface area contributed by atoms with Gasteiger partial charge < -0.3 is 0 Å². The molecule has 94 valence electrons. The molecule has 0 N–H and O–H groups in total. The van der Waals surface area contributed by atoms with E-state index in [0.29, 0.717) is 0 Å². The van der Waals surface area contributed by atoms with Gasteiger partial charge in [-0.15, -0.1) is 0 Å². The third kappa shape index (κ3) is 1.63. The standard InChI is InChI=1S/C17H26/c1-11-6-13-9-15-8-12-4-2-3-5-16(12)17(15)10-14(13)7-11/h6,12-17H,2-5,7-10H2,1H3. The van der Waals surface area contributed by atoms with E-state index in [1.807, 2.05) is 0 Å². The van der Waals surface area contributed by atoms with Crippen LogP contribution in [0.1, 0.15) is 58.3 Å². The van der Waals surface area contributed by atoms with Gasteiger partial charge in [0.05, 0.1) is 0 Å². The minimum atomic E-state index is 0.983. The zero-order chi connectivity index (χ0) is 11.4. The molecule has 0 aliphatic heterocycles. The molecule has 4 rings (SSSR count). The van der Waals surface area contributed by atoms with Gasteiger partial charge in [-0.3, -0.25) is 0 Å². The minimum Gasteiger partial charge on any atom is -0.0822 e. The molecule has 0 radical (unpaired) electrons. The molecular formula is C17H26. The number of rotatable bonds is 0. The van der Waals surface area contributed by atoms with Crippen LogP contribution >= 0.6 is 0 Å². The Kier molecular flexibility index (Phi) is 2.42. The molecule has 0 heteroatoms. The fourth-order valence-electron chi connectivity index (χ4n) is 6.00. The van der Waals surface area contributed by atoms with E-state index >= 15 is 0 Å². The van der Waals surface area contributed by atoms with Crippen molar-refractivity contribution in [2.75, 3.05) is 0 Å². The van der Waals surface area contributed by atoms with Gasteiger partial charge in [-0.25, -0.2) is 0 Å². The van der Waals surface area contributed by atoms with Crippen LogP contribution in [0, 0.1) is 35.5 Å². The zero-order valence-corrected chi connectivity index (χ0v) is 11.2. The molecular weight excluding hydrogens is 204 g/mol. The molecule has 0 spiro atoms. The lowest BCUT2D eigenvalue weighted by atomic mass is 9.67. The molecule has 4 aliphatic rings.